The van der Waals surface area contributed by atoms with Crippen LogP contribution in [0.25, 0.3) is 0 Å². The van der Waals surface area contributed by atoms with Crippen molar-refractivity contribution in [3.63, 3.8) is 0 Å². The largest absolute Gasteiger partial charge is 0.378 e. The average molecular weight is 293 g/mol. The van der Waals surface area contributed by atoms with E-state index >= 15 is 0 Å². The minimum Gasteiger partial charge on any atom is -0.378 e. The van der Waals surface area contributed by atoms with Crippen molar-refractivity contribution in [1.29, 1.82) is 0 Å². The smallest absolute Gasteiger partial charge is 0.228 e. The molecule has 6 heteroatoms. The molecule has 1 amide bonds. The molecule has 0 aromatic carbocycles. The van der Waals surface area contributed by atoms with Crippen LogP contribution in [0.2, 0.25) is 0 Å². The zero-order valence-corrected chi connectivity index (χ0v) is 12.5. The van der Waals surface area contributed by atoms with Crippen LogP contribution >= 0.6 is 0 Å². The number of carbonyl (C=O) groups is 1. The number of carbonyl (C=O) groups excluding carboxylic acids is 1. The fraction of sp³-hybridized carbons (Fsp3) is 0.733. The van der Waals surface area contributed by atoms with Gasteiger partial charge in [0, 0.05) is 45.4 Å². The van der Waals surface area contributed by atoms with E-state index in [-0.39, 0.29) is 17.9 Å². The Kier molecular flexibility index (Phi) is 4.55. The van der Waals surface area contributed by atoms with Gasteiger partial charge < -0.3 is 14.2 Å². The molecule has 21 heavy (non-hydrogen) atoms. The fourth-order valence-corrected chi connectivity index (χ4v) is 3.16. The second-order valence-electron chi connectivity index (χ2n) is 5.92. The molecular formula is C15H23N3O3. The highest BCUT2D eigenvalue weighted by Crippen LogP contribution is 2.23. The standard InChI is InChI=1S/C15H23N3O3/c1-12-14(3-2-9-20-12)15(19)18-7-5-17(6-8-18)11-13-4-10-21-16-13/h4,10,12,14H,2-3,5-9,11H2,1H3/t12-,14+/m1/s1. The Morgan fingerprint density at radius 2 is 2.19 bits per heavy atom. The lowest BCUT2D eigenvalue weighted by Crippen LogP contribution is -2.52. The van der Waals surface area contributed by atoms with Gasteiger partial charge in [0.2, 0.25) is 5.91 Å². The lowest BCUT2D eigenvalue weighted by molar-refractivity contribution is -0.145. The molecule has 0 unspecified atom stereocenters. The van der Waals surface area contributed by atoms with Gasteiger partial charge in [0.25, 0.3) is 0 Å². The molecule has 116 valence electrons. The SMILES string of the molecule is C[C@H]1OCCC[C@@H]1C(=O)N1CCN(Cc2ccon2)CC1. The zero-order chi connectivity index (χ0) is 14.7. The quantitative estimate of drug-likeness (QED) is 0.836. The van der Waals surface area contributed by atoms with Gasteiger partial charge in [0.1, 0.15) is 6.26 Å². The predicted molar refractivity (Wildman–Crippen MR) is 76.5 cm³/mol. The maximum atomic E-state index is 12.6. The van der Waals surface area contributed by atoms with Gasteiger partial charge in [-0.2, -0.15) is 0 Å². The lowest BCUT2D eigenvalue weighted by atomic mass is 9.93. The van der Waals surface area contributed by atoms with Crippen molar-refractivity contribution in [2.24, 2.45) is 5.92 Å². The summed E-state index contributed by atoms with van der Waals surface area (Å²) < 4.78 is 10.5. The monoisotopic (exact) mass is 293 g/mol. The maximum absolute atomic E-state index is 12.6. The summed E-state index contributed by atoms with van der Waals surface area (Å²) in [6.45, 7) is 6.96. The minimum absolute atomic E-state index is 0.0424. The summed E-state index contributed by atoms with van der Waals surface area (Å²) in [7, 11) is 0. The van der Waals surface area contributed by atoms with Crippen molar-refractivity contribution in [3.05, 3.63) is 18.0 Å². The van der Waals surface area contributed by atoms with Crippen LogP contribution in [-0.2, 0) is 16.1 Å². The van der Waals surface area contributed by atoms with Crippen LogP contribution in [0.5, 0.6) is 0 Å². The van der Waals surface area contributed by atoms with Crippen LogP contribution < -0.4 is 0 Å². The molecule has 2 fully saturated rings. The Hall–Kier alpha value is -1.40. The first-order valence-electron chi connectivity index (χ1n) is 7.76. The summed E-state index contributed by atoms with van der Waals surface area (Å²) in [5.74, 6) is 0.309. The van der Waals surface area contributed by atoms with E-state index in [1.54, 1.807) is 6.26 Å². The van der Waals surface area contributed by atoms with E-state index in [1.807, 2.05) is 17.9 Å². The number of piperazine rings is 1. The van der Waals surface area contributed by atoms with Crippen LogP contribution in [0, 0.1) is 5.92 Å². The molecule has 0 N–H and O–H groups in total. The fourth-order valence-electron chi connectivity index (χ4n) is 3.16. The minimum atomic E-state index is 0.0424. The van der Waals surface area contributed by atoms with Gasteiger partial charge in [0.05, 0.1) is 17.7 Å². The molecule has 2 aliphatic rings. The topological polar surface area (TPSA) is 58.8 Å². The number of amides is 1. The summed E-state index contributed by atoms with van der Waals surface area (Å²) in [5, 5.41) is 3.93. The Balaban J connectivity index is 1.49. The highest BCUT2D eigenvalue weighted by atomic mass is 16.5. The second-order valence-corrected chi connectivity index (χ2v) is 5.92. The molecule has 3 heterocycles. The maximum Gasteiger partial charge on any atom is 0.228 e. The third kappa shape index (κ3) is 3.44. The molecule has 0 saturated carbocycles. The van der Waals surface area contributed by atoms with Gasteiger partial charge in [-0.15, -0.1) is 0 Å². The van der Waals surface area contributed by atoms with E-state index in [1.165, 1.54) is 0 Å². The number of nitrogens with zero attached hydrogens (tertiary/aromatic N) is 3. The molecule has 2 saturated heterocycles. The molecule has 3 rings (SSSR count). The Labute approximate surface area is 125 Å². The van der Waals surface area contributed by atoms with Crippen molar-refractivity contribution in [3.8, 4) is 0 Å². The van der Waals surface area contributed by atoms with Gasteiger partial charge in [-0.1, -0.05) is 5.16 Å². The van der Waals surface area contributed by atoms with Crippen molar-refractivity contribution in [2.75, 3.05) is 32.8 Å². The molecule has 2 atom stereocenters. The lowest BCUT2D eigenvalue weighted by Gasteiger charge is -2.38. The highest BCUT2D eigenvalue weighted by molar-refractivity contribution is 5.79. The molecular weight excluding hydrogens is 270 g/mol. The van der Waals surface area contributed by atoms with Crippen molar-refractivity contribution in [1.82, 2.24) is 15.0 Å². The van der Waals surface area contributed by atoms with E-state index in [0.29, 0.717) is 0 Å². The number of aromatic nitrogens is 1. The average Bonchev–Trinajstić information content (AvgIpc) is 3.01. The van der Waals surface area contributed by atoms with E-state index < -0.39 is 0 Å². The van der Waals surface area contributed by atoms with Crippen LogP contribution in [-0.4, -0.2) is 59.8 Å². The molecule has 1 aromatic rings. The van der Waals surface area contributed by atoms with E-state index in [4.69, 9.17) is 9.26 Å². The summed E-state index contributed by atoms with van der Waals surface area (Å²) in [5.41, 5.74) is 0.948. The molecule has 0 spiro atoms. The van der Waals surface area contributed by atoms with Gasteiger partial charge in [0.15, 0.2) is 0 Å². The highest BCUT2D eigenvalue weighted by Gasteiger charge is 2.33. The number of rotatable bonds is 3. The molecule has 0 aliphatic carbocycles. The van der Waals surface area contributed by atoms with Crippen molar-refractivity contribution < 1.29 is 14.1 Å². The molecule has 1 aromatic heterocycles. The Bertz CT molecular complexity index is 455. The van der Waals surface area contributed by atoms with Crippen LogP contribution in [0.4, 0.5) is 0 Å². The van der Waals surface area contributed by atoms with Crippen molar-refractivity contribution in [2.45, 2.75) is 32.4 Å². The summed E-state index contributed by atoms with van der Waals surface area (Å²) in [6, 6.07) is 1.89. The number of ether oxygens (including phenoxy) is 1. The molecule has 2 aliphatic heterocycles. The first-order valence-corrected chi connectivity index (χ1v) is 7.76. The summed E-state index contributed by atoms with van der Waals surface area (Å²) in [4.78, 5) is 16.9. The van der Waals surface area contributed by atoms with Crippen LogP contribution in [0.15, 0.2) is 16.9 Å². The zero-order valence-electron chi connectivity index (χ0n) is 12.5. The first kappa shape index (κ1) is 14.5. The van der Waals surface area contributed by atoms with Gasteiger partial charge in [-0.25, -0.2) is 0 Å². The molecule has 0 radical (unpaired) electrons. The van der Waals surface area contributed by atoms with E-state index in [9.17, 15) is 4.79 Å². The third-order valence-corrected chi connectivity index (χ3v) is 4.48. The summed E-state index contributed by atoms with van der Waals surface area (Å²) >= 11 is 0. The van der Waals surface area contributed by atoms with Crippen molar-refractivity contribution >= 4 is 5.91 Å². The van der Waals surface area contributed by atoms with E-state index in [2.05, 4.69) is 10.1 Å². The Morgan fingerprint density at radius 3 is 2.86 bits per heavy atom. The van der Waals surface area contributed by atoms with Crippen LogP contribution in [0.3, 0.4) is 0 Å². The van der Waals surface area contributed by atoms with Gasteiger partial charge in [-0.05, 0) is 19.8 Å². The molecule has 6 nitrogen and oxygen atoms in total. The predicted octanol–water partition coefficient (Wildman–Crippen LogP) is 1.13. The number of hydrogen-bond donors (Lipinski definition) is 0. The van der Waals surface area contributed by atoms with Gasteiger partial charge in [-0.3, -0.25) is 9.69 Å². The summed E-state index contributed by atoms with van der Waals surface area (Å²) in [6.07, 6.45) is 3.60. The second kappa shape index (κ2) is 6.58. The molecule has 0 bridgehead atoms. The van der Waals surface area contributed by atoms with Gasteiger partial charge >= 0.3 is 0 Å². The number of hydrogen-bond acceptors (Lipinski definition) is 5. The normalized spacial score (nSPS) is 27.8. The first-order chi connectivity index (χ1) is 10.2. The van der Waals surface area contributed by atoms with Crippen LogP contribution in [0.1, 0.15) is 25.5 Å². The third-order valence-electron chi connectivity index (χ3n) is 4.48. The Morgan fingerprint density at radius 1 is 1.38 bits per heavy atom. The van der Waals surface area contributed by atoms with E-state index in [0.717, 1.165) is 57.9 Å².